The van der Waals surface area contributed by atoms with E-state index in [2.05, 4.69) is 10.0 Å². The monoisotopic (exact) mass is 380 g/mol. The van der Waals surface area contributed by atoms with Crippen molar-refractivity contribution in [2.45, 2.75) is 18.7 Å². The number of hydrogen-bond acceptors (Lipinski definition) is 3. The number of benzene rings is 3. The predicted molar refractivity (Wildman–Crippen MR) is 108 cm³/mol. The van der Waals surface area contributed by atoms with Gasteiger partial charge in [-0.3, -0.25) is 9.52 Å². The molecule has 0 saturated heterocycles. The van der Waals surface area contributed by atoms with Crippen LogP contribution in [0.1, 0.15) is 21.5 Å². The third kappa shape index (κ3) is 4.74. The van der Waals surface area contributed by atoms with Gasteiger partial charge >= 0.3 is 0 Å². The van der Waals surface area contributed by atoms with Crippen molar-refractivity contribution in [3.63, 3.8) is 0 Å². The van der Waals surface area contributed by atoms with Gasteiger partial charge in [0.25, 0.3) is 15.9 Å². The smallest absolute Gasteiger partial charge is 0.261 e. The Kier molecular flexibility index (Phi) is 5.28. The van der Waals surface area contributed by atoms with Gasteiger partial charge in [0.05, 0.1) is 4.90 Å². The number of amides is 1. The zero-order valence-corrected chi connectivity index (χ0v) is 15.9. The SMILES string of the molecule is Cc1ccc(C(=O)Nc2ccc(NS(=O)(=O)c3ccc(C)cc3)cc2)cc1. The number of rotatable bonds is 5. The second-order valence-corrected chi connectivity index (χ2v) is 8.00. The van der Waals surface area contributed by atoms with Crippen LogP contribution in [0.4, 0.5) is 11.4 Å². The molecule has 27 heavy (non-hydrogen) atoms. The summed E-state index contributed by atoms with van der Waals surface area (Å²) in [5.74, 6) is -0.219. The minimum absolute atomic E-state index is 0.199. The standard InChI is InChI=1S/C21H20N2O3S/c1-15-3-7-17(8-4-15)21(24)22-18-9-11-19(12-10-18)23-27(25,26)20-13-5-16(2)6-14-20/h3-14,23H,1-2H3,(H,22,24). The lowest BCUT2D eigenvalue weighted by molar-refractivity contribution is 0.102. The van der Waals surface area contributed by atoms with Crippen LogP contribution in [0, 0.1) is 13.8 Å². The molecule has 138 valence electrons. The third-order valence-electron chi connectivity index (χ3n) is 4.04. The maximum absolute atomic E-state index is 12.4. The van der Waals surface area contributed by atoms with E-state index >= 15 is 0 Å². The Morgan fingerprint density at radius 1 is 0.704 bits per heavy atom. The number of aryl methyl sites for hydroxylation is 2. The summed E-state index contributed by atoms with van der Waals surface area (Å²) in [6.07, 6.45) is 0. The molecule has 0 aromatic heterocycles. The number of nitrogens with one attached hydrogen (secondary N) is 2. The van der Waals surface area contributed by atoms with E-state index < -0.39 is 10.0 Å². The van der Waals surface area contributed by atoms with Gasteiger partial charge in [-0.15, -0.1) is 0 Å². The van der Waals surface area contributed by atoms with E-state index in [1.165, 1.54) is 0 Å². The molecule has 3 aromatic rings. The summed E-state index contributed by atoms with van der Waals surface area (Å²) in [5.41, 5.74) is 3.63. The van der Waals surface area contributed by atoms with Crippen LogP contribution < -0.4 is 10.0 Å². The number of carbonyl (C=O) groups excluding carboxylic acids is 1. The molecule has 0 aliphatic heterocycles. The fraction of sp³-hybridized carbons (Fsp3) is 0.0952. The summed E-state index contributed by atoms with van der Waals surface area (Å²) in [7, 11) is -3.65. The first-order chi connectivity index (χ1) is 12.8. The van der Waals surface area contributed by atoms with Crippen LogP contribution in [0.2, 0.25) is 0 Å². The molecule has 0 radical (unpaired) electrons. The quantitative estimate of drug-likeness (QED) is 0.691. The van der Waals surface area contributed by atoms with E-state index in [0.717, 1.165) is 11.1 Å². The van der Waals surface area contributed by atoms with Gasteiger partial charge in [-0.05, 0) is 62.4 Å². The fourth-order valence-electron chi connectivity index (χ4n) is 2.46. The second kappa shape index (κ2) is 7.63. The number of hydrogen-bond donors (Lipinski definition) is 2. The first-order valence-electron chi connectivity index (χ1n) is 8.41. The van der Waals surface area contributed by atoms with Gasteiger partial charge in [-0.2, -0.15) is 0 Å². The molecule has 0 spiro atoms. The number of anilines is 2. The molecule has 0 heterocycles. The van der Waals surface area contributed by atoms with Crippen molar-refractivity contribution >= 4 is 27.3 Å². The lowest BCUT2D eigenvalue weighted by atomic mass is 10.1. The molecule has 5 nitrogen and oxygen atoms in total. The van der Waals surface area contributed by atoms with E-state index in [4.69, 9.17) is 0 Å². The molecule has 0 aliphatic carbocycles. The zero-order valence-electron chi connectivity index (χ0n) is 15.1. The Morgan fingerprint density at radius 3 is 1.74 bits per heavy atom. The largest absolute Gasteiger partial charge is 0.322 e. The van der Waals surface area contributed by atoms with Gasteiger partial charge in [0, 0.05) is 16.9 Å². The lowest BCUT2D eigenvalue weighted by Gasteiger charge is -2.10. The van der Waals surface area contributed by atoms with Crippen molar-refractivity contribution in [1.29, 1.82) is 0 Å². The van der Waals surface area contributed by atoms with Crippen LogP contribution in [-0.4, -0.2) is 14.3 Å². The minimum atomic E-state index is -3.65. The Morgan fingerprint density at radius 2 is 1.19 bits per heavy atom. The van der Waals surface area contributed by atoms with E-state index in [1.807, 2.05) is 26.0 Å². The van der Waals surface area contributed by atoms with Crippen LogP contribution in [0.25, 0.3) is 0 Å². The van der Waals surface area contributed by atoms with Crippen molar-refractivity contribution < 1.29 is 13.2 Å². The molecular weight excluding hydrogens is 360 g/mol. The average molecular weight is 380 g/mol. The molecule has 3 rings (SSSR count). The number of carbonyl (C=O) groups is 1. The molecule has 0 fully saturated rings. The Bertz CT molecular complexity index is 1040. The van der Waals surface area contributed by atoms with E-state index in [1.54, 1.807) is 60.7 Å². The van der Waals surface area contributed by atoms with Crippen molar-refractivity contribution in [3.8, 4) is 0 Å². The Labute approximate surface area is 159 Å². The second-order valence-electron chi connectivity index (χ2n) is 6.32. The molecule has 0 saturated carbocycles. The van der Waals surface area contributed by atoms with Crippen LogP contribution in [0.5, 0.6) is 0 Å². The summed E-state index contributed by atoms with van der Waals surface area (Å²) >= 11 is 0. The van der Waals surface area contributed by atoms with Crippen molar-refractivity contribution in [1.82, 2.24) is 0 Å². The van der Waals surface area contributed by atoms with Crippen LogP contribution in [-0.2, 0) is 10.0 Å². The summed E-state index contributed by atoms with van der Waals surface area (Å²) in [4.78, 5) is 12.4. The molecule has 3 aromatic carbocycles. The highest BCUT2D eigenvalue weighted by Crippen LogP contribution is 2.19. The normalized spacial score (nSPS) is 11.0. The maximum atomic E-state index is 12.4. The summed E-state index contributed by atoms with van der Waals surface area (Å²) in [6, 6.07) is 20.4. The lowest BCUT2D eigenvalue weighted by Crippen LogP contribution is -2.13. The van der Waals surface area contributed by atoms with Gasteiger partial charge in [-0.25, -0.2) is 8.42 Å². The van der Waals surface area contributed by atoms with Gasteiger partial charge in [0.15, 0.2) is 0 Å². The van der Waals surface area contributed by atoms with Crippen LogP contribution in [0.3, 0.4) is 0 Å². The highest BCUT2D eigenvalue weighted by Gasteiger charge is 2.14. The first-order valence-corrected chi connectivity index (χ1v) is 9.89. The topological polar surface area (TPSA) is 75.3 Å². The molecule has 0 bridgehead atoms. The molecule has 6 heteroatoms. The summed E-state index contributed by atoms with van der Waals surface area (Å²) < 4.78 is 27.3. The summed E-state index contributed by atoms with van der Waals surface area (Å²) in [5, 5.41) is 2.79. The van der Waals surface area contributed by atoms with Gasteiger partial charge in [0.2, 0.25) is 0 Å². The first kappa shape index (κ1) is 18.7. The van der Waals surface area contributed by atoms with Gasteiger partial charge in [-0.1, -0.05) is 35.4 Å². The minimum Gasteiger partial charge on any atom is -0.322 e. The van der Waals surface area contributed by atoms with Crippen molar-refractivity contribution in [3.05, 3.63) is 89.5 Å². The van der Waals surface area contributed by atoms with Crippen LogP contribution in [0.15, 0.2) is 77.7 Å². The van der Waals surface area contributed by atoms with Gasteiger partial charge in [0.1, 0.15) is 0 Å². The van der Waals surface area contributed by atoms with E-state index in [0.29, 0.717) is 16.9 Å². The molecule has 2 N–H and O–H groups in total. The zero-order chi connectivity index (χ0) is 19.4. The third-order valence-corrected chi connectivity index (χ3v) is 5.44. The predicted octanol–water partition coefficient (Wildman–Crippen LogP) is 4.36. The fourth-order valence-corrected chi connectivity index (χ4v) is 3.52. The van der Waals surface area contributed by atoms with Crippen LogP contribution >= 0.6 is 0 Å². The van der Waals surface area contributed by atoms with Crippen molar-refractivity contribution in [2.75, 3.05) is 10.0 Å². The molecule has 0 aliphatic rings. The highest BCUT2D eigenvalue weighted by atomic mass is 32.2. The molecule has 0 atom stereocenters. The Balaban J connectivity index is 1.69. The summed E-state index contributed by atoms with van der Waals surface area (Å²) in [6.45, 7) is 3.85. The van der Waals surface area contributed by atoms with E-state index in [9.17, 15) is 13.2 Å². The van der Waals surface area contributed by atoms with Gasteiger partial charge < -0.3 is 5.32 Å². The van der Waals surface area contributed by atoms with E-state index in [-0.39, 0.29) is 10.8 Å². The number of sulfonamides is 1. The molecular formula is C21H20N2O3S. The maximum Gasteiger partial charge on any atom is 0.261 e. The molecule has 1 amide bonds. The Hall–Kier alpha value is -3.12. The van der Waals surface area contributed by atoms with Crippen molar-refractivity contribution in [2.24, 2.45) is 0 Å². The molecule has 0 unspecified atom stereocenters. The average Bonchev–Trinajstić information content (AvgIpc) is 2.64. The highest BCUT2D eigenvalue weighted by molar-refractivity contribution is 7.92.